The smallest absolute Gasteiger partial charge is 0.268 e. The number of alkyl halides is 3. The van der Waals surface area contributed by atoms with Crippen molar-refractivity contribution in [2.24, 2.45) is 0 Å². The molecule has 1 aliphatic rings. The molecule has 1 aliphatic carbocycles. The fourth-order valence-electron chi connectivity index (χ4n) is 4.18. The van der Waals surface area contributed by atoms with Crippen molar-refractivity contribution in [2.75, 3.05) is 0 Å². The Hall–Kier alpha value is -4.39. The fourth-order valence-corrected chi connectivity index (χ4v) is 4.18. The van der Waals surface area contributed by atoms with Crippen LogP contribution in [0.3, 0.4) is 0 Å². The van der Waals surface area contributed by atoms with Crippen molar-refractivity contribution in [1.29, 1.82) is 5.26 Å². The average Bonchev–Trinajstić information content (AvgIpc) is 3.55. The maximum atomic E-state index is 13.6. The molecule has 0 spiro atoms. The second-order valence-electron chi connectivity index (χ2n) is 8.32. The van der Waals surface area contributed by atoms with Crippen LogP contribution in [0.25, 0.3) is 22.6 Å². The van der Waals surface area contributed by atoms with Gasteiger partial charge >= 0.3 is 11.9 Å². The molecular weight excluding hydrogens is 459 g/mol. The minimum Gasteiger partial charge on any atom is -0.268 e. The van der Waals surface area contributed by atoms with E-state index >= 15 is 0 Å². The monoisotopic (exact) mass is 477 g/mol. The maximum Gasteiger partial charge on any atom is 0.416 e. The number of hydrogen-bond donors (Lipinski definition) is 0. The summed E-state index contributed by atoms with van der Waals surface area (Å²) in [6, 6.07) is 14.4. The van der Waals surface area contributed by atoms with Gasteiger partial charge in [-0.15, -0.1) is 0 Å². The van der Waals surface area contributed by atoms with Crippen molar-refractivity contribution in [1.82, 2.24) is 18.9 Å². The van der Waals surface area contributed by atoms with Crippen LogP contribution in [0.2, 0.25) is 0 Å². The summed E-state index contributed by atoms with van der Waals surface area (Å²) in [4.78, 5) is 27.0. The Kier molecular flexibility index (Phi) is 5.20. The van der Waals surface area contributed by atoms with Gasteiger partial charge in [0.1, 0.15) is 0 Å². The third-order valence-corrected chi connectivity index (χ3v) is 6.01. The first-order valence-electron chi connectivity index (χ1n) is 10.8. The van der Waals surface area contributed by atoms with Gasteiger partial charge in [-0.3, -0.25) is 13.9 Å². The van der Waals surface area contributed by atoms with Crippen LogP contribution in [0.1, 0.15) is 35.7 Å². The second-order valence-corrected chi connectivity index (χ2v) is 8.32. The van der Waals surface area contributed by atoms with Crippen molar-refractivity contribution in [3.05, 3.63) is 98.5 Å². The molecule has 0 unspecified atom stereocenters. The molecule has 7 nitrogen and oxygen atoms in total. The lowest BCUT2D eigenvalue weighted by molar-refractivity contribution is -0.137. The Labute approximate surface area is 196 Å². The molecule has 0 radical (unpaired) electrons. The van der Waals surface area contributed by atoms with Crippen LogP contribution in [0.5, 0.6) is 0 Å². The largest absolute Gasteiger partial charge is 0.416 e. The molecule has 2 heterocycles. The summed E-state index contributed by atoms with van der Waals surface area (Å²) < 4.78 is 43.9. The predicted octanol–water partition coefficient (Wildman–Crippen LogP) is 4.39. The summed E-state index contributed by atoms with van der Waals surface area (Å²) in [5.74, 6) is 0. The van der Waals surface area contributed by atoms with Crippen molar-refractivity contribution in [2.45, 2.75) is 32.0 Å². The molecule has 0 saturated heterocycles. The van der Waals surface area contributed by atoms with Crippen molar-refractivity contribution in [3.8, 4) is 28.7 Å². The highest BCUT2D eigenvalue weighted by Crippen LogP contribution is 2.34. The van der Waals surface area contributed by atoms with E-state index in [4.69, 9.17) is 5.26 Å². The number of aromatic nitrogens is 4. The molecule has 10 heteroatoms. The van der Waals surface area contributed by atoms with Gasteiger partial charge in [0.05, 0.1) is 46.0 Å². The summed E-state index contributed by atoms with van der Waals surface area (Å²) in [6.07, 6.45) is -1.83. The van der Waals surface area contributed by atoms with Crippen molar-refractivity contribution < 1.29 is 13.2 Å². The molecule has 0 atom stereocenters. The van der Waals surface area contributed by atoms with E-state index in [9.17, 15) is 22.8 Å². The predicted molar refractivity (Wildman–Crippen MR) is 122 cm³/mol. The molecule has 2 aromatic carbocycles. The van der Waals surface area contributed by atoms with E-state index in [1.807, 2.05) is 6.07 Å². The minimum atomic E-state index is -4.59. The number of hydrogen-bond acceptors (Lipinski definition) is 4. The number of rotatable bonds is 4. The first kappa shape index (κ1) is 22.4. The van der Waals surface area contributed by atoms with Crippen LogP contribution in [0.15, 0.2) is 70.4 Å². The standard InChI is InChI=1S/C25H18F3N5O2/c1-15-22(21-11-12-30-33(21)19-7-5-16(14-29)6-8-19)23(34)32(18-9-10-18)24(35)31(15)20-4-2-3-17(13-20)25(26,27)28/h2-8,11-13,18H,9-10H2,1H3. The van der Waals surface area contributed by atoms with E-state index in [2.05, 4.69) is 5.10 Å². The third kappa shape index (κ3) is 3.85. The highest BCUT2D eigenvalue weighted by atomic mass is 19.4. The van der Waals surface area contributed by atoms with E-state index < -0.39 is 23.0 Å². The SMILES string of the molecule is Cc1c(-c2ccnn2-c2ccc(C#N)cc2)c(=O)n(C2CC2)c(=O)n1-c1cccc(C(F)(F)F)c1. The average molecular weight is 477 g/mol. The highest BCUT2D eigenvalue weighted by molar-refractivity contribution is 5.64. The van der Waals surface area contributed by atoms with E-state index in [1.165, 1.54) is 29.9 Å². The lowest BCUT2D eigenvalue weighted by Crippen LogP contribution is -2.41. The Morgan fingerprint density at radius 2 is 1.74 bits per heavy atom. The summed E-state index contributed by atoms with van der Waals surface area (Å²) in [5, 5.41) is 13.4. The summed E-state index contributed by atoms with van der Waals surface area (Å²) in [5.41, 5.74) is -0.298. The van der Waals surface area contributed by atoms with Gasteiger partial charge in [-0.25, -0.2) is 9.48 Å². The van der Waals surface area contributed by atoms with E-state index in [-0.39, 0.29) is 23.0 Å². The van der Waals surface area contributed by atoms with Gasteiger partial charge in [0.2, 0.25) is 0 Å². The molecule has 1 fully saturated rings. The highest BCUT2D eigenvalue weighted by Gasteiger charge is 2.33. The van der Waals surface area contributed by atoms with Gasteiger partial charge < -0.3 is 0 Å². The lowest BCUT2D eigenvalue weighted by atomic mass is 10.1. The van der Waals surface area contributed by atoms with Crippen LogP contribution in [-0.4, -0.2) is 18.9 Å². The number of nitrogens with zero attached hydrogens (tertiary/aromatic N) is 5. The van der Waals surface area contributed by atoms with E-state index in [0.717, 1.165) is 21.3 Å². The molecule has 0 amide bonds. The minimum absolute atomic E-state index is 0.0161. The molecule has 35 heavy (non-hydrogen) atoms. The molecule has 176 valence electrons. The zero-order chi connectivity index (χ0) is 24.9. The summed E-state index contributed by atoms with van der Waals surface area (Å²) in [7, 11) is 0. The molecule has 1 saturated carbocycles. The Bertz CT molecular complexity index is 1600. The van der Waals surface area contributed by atoms with Crippen LogP contribution in [0, 0.1) is 18.3 Å². The number of benzene rings is 2. The fraction of sp³-hybridized carbons (Fsp3) is 0.200. The van der Waals surface area contributed by atoms with Gasteiger partial charge in [-0.1, -0.05) is 6.07 Å². The molecule has 0 bridgehead atoms. The Balaban J connectivity index is 1.78. The number of nitriles is 1. The summed E-state index contributed by atoms with van der Waals surface area (Å²) in [6.45, 7) is 1.53. The third-order valence-electron chi connectivity index (χ3n) is 6.01. The van der Waals surface area contributed by atoms with Gasteiger partial charge in [0, 0.05) is 11.7 Å². The zero-order valence-corrected chi connectivity index (χ0v) is 18.5. The Morgan fingerprint density at radius 3 is 2.37 bits per heavy atom. The lowest BCUT2D eigenvalue weighted by Gasteiger charge is -2.19. The normalized spacial score (nSPS) is 13.6. The zero-order valence-electron chi connectivity index (χ0n) is 18.5. The number of halogens is 3. The first-order chi connectivity index (χ1) is 16.7. The Morgan fingerprint density at radius 1 is 1.03 bits per heavy atom. The molecule has 2 aromatic heterocycles. The second kappa shape index (κ2) is 8.13. The van der Waals surface area contributed by atoms with Gasteiger partial charge in [0.25, 0.3) is 5.56 Å². The van der Waals surface area contributed by atoms with Crippen LogP contribution < -0.4 is 11.2 Å². The van der Waals surface area contributed by atoms with Crippen LogP contribution in [0.4, 0.5) is 13.2 Å². The van der Waals surface area contributed by atoms with Crippen LogP contribution in [-0.2, 0) is 6.18 Å². The van der Waals surface area contributed by atoms with Crippen molar-refractivity contribution >= 4 is 0 Å². The molecule has 0 N–H and O–H groups in total. The van der Waals surface area contributed by atoms with Crippen LogP contribution >= 0.6 is 0 Å². The van der Waals surface area contributed by atoms with E-state index in [0.29, 0.717) is 29.8 Å². The summed E-state index contributed by atoms with van der Waals surface area (Å²) >= 11 is 0. The quantitative estimate of drug-likeness (QED) is 0.437. The van der Waals surface area contributed by atoms with Gasteiger partial charge in [0.15, 0.2) is 0 Å². The first-order valence-corrected chi connectivity index (χ1v) is 10.8. The topological polar surface area (TPSA) is 85.6 Å². The molecular formula is C25H18F3N5O2. The molecule has 5 rings (SSSR count). The van der Waals surface area contributed by atoms with Gasteiger partial charge in [-0.05, 0) is 68.3 Å². The van der Waals surface area contributed by atoms with E-state index in [1.54, 1.807) is 30.3 Å². The molecule has 0 aliphatic heterocycles. The molecule has 4 aromatic rings. The van der Waals surface area contributed by atoms with Crippen molar-refractivity contribution in [3.63, 3.8) is 0 Å². The van der Waals surface area contributed by atoms with Gasteiger partial charge in [-0.2, -0.15) is 23.5 Å². The maximum absolute atomic E-state index is 13.6.